The standard InChI is InChI=1S/C13H18N2O4/c1-4-15(8-6-12(16)19-3)13(17)10-5-7-14-9-11(10)18-2/h5,7,9H,4,6,8H2,1-3H3. The fraction of sp³-hybridized carbons (Fsp3) is 0.462. The minimum absolute atomic E-state index is 0.170. The fourth-order valence-corrected chi connectivity index (χ4v) is 1.62. The first-order valence-electron chi connectivity index (χ1n) is 5.98. The summed E-state index contributed by atoms with van der Waals surface area (Å²) in [7, 11) is 2.81. The van der Waals surface area contributed by atoms with Crippen molar-refractivity contribution >= 4 is 11.9 Å². The zero-order chi connectivity index (χ0) is 14.3. The Labute approximate surface area is 112 Å². The number of methoxy groups -OCH3 is 2. The number of hydrogen-bond donors (Lipinski definition) is 0. The first-order valence-corrected chi connectivity index (χ1v) is 5.98. The van der Waals surface area contributed by atoms with Gasteiger partial charge in [-0.3, -0.25) is 14.6 Å². The fourth-order valence-electron chi connectivity index (χ4n) is 1.62. The monoisotopic (exact) mass is 266 g/mol. The summed E-state index contributed by atoms with van der Waals surface area (Å²) in [5, 5.41) is 0. The predicted octanol–water partition coefficient (Wildman–Crippen LogP) is 1.12. The predicted molar refractivity (Wildman–Crippen MR) is 69.0 cm³/mol. The first kappa shape index (κ1) is 14.9. The number of pyridine rings is 1. The van der Waals surface area contributed by atoms with Gasteiger partial charge in [0.05, 0.1) is 32.4 Å². The third kappa shape index (κ3) is 3.94. The molecule has 104 valence electrons. The van der Waals surface area contributed by atoms with E-state index in [1.54, 1.807) is 11.0 Å². The normalized spacial score (nSPS) is 9.84. The second-order valence-corrected chi connectivity index (χ2v) is 3.79. The smallest absolute Gasteiger partial charge is 0.307 e. The van der Waals surface area contributed by atoms with Crippen LogP contribution in [0.25, 0.3) is 0 Å². The highest BCUT2D eigenvalue weighted by atomic mass is 16.5. The van der Waals surface area contributed by atoms with Crippen molar-refractivity contribution in [1.29, 1.82) is 0 Å². The van der Waals surface area contributed by atoms with Crippen molar-refractivity contribution in [1.82, 2.24) is 9.88 Å². The van der Waals surface area contributed by atoms with E-state index in [1.807, 2.05) is 6.92 Å². The molecule has 0 fully saturated rings. The van der Waals surface area contributed by atoms with E-state index < -0.39 is 0 Å². The van der Waals surface area contributed by atoms with Crippen LogP contribution in [0.2, 0.25) is 0 Å². The number of hydrogen-bond acceptors (Lipinski definition) is 5. The minimum atomic E-state index is -0.340. The Kier molecular flexibility index (Phi) is 5.78. The molecule has 0 radical (unpaired) electrons. The molecule has 0 saturated carbocycles. The summed E-state index contributed by atoms with van der Waals surface area (Å²) >= 11 is 0. The third-order valence-corrected chi connectivity index (χ3v) is 2.72. The van der Waals surface area contributed by atoms with Gasteiger partial charge >= 0.3 is 5.97 Å². The van der Waals surface area contributed by atoms with Gasteiger partial charge in [0.2, 0.25) is 0 Å². The van der Waals surface area contributed by atoms with E-state index in [1.165, 1.54) is 26.6 Å². The average molecular weight is 266 g/mol. The number of rotatable bonds is 6. The van der Waals surface area contributed by atoms with Gasteiger partial charge in [-0.25, -0.2) is 0 Å². The molecule has 0 aliphatic heterocycles. The first-order chi connectivity index (χ1) is 9.13. The van der Waals surface area contributed by atoms with Crippen molar-refractivity contribution in [2.75, 3.05) is 27.3 Å². The lowest BCUT2D eigenvalue weighted by Crippen LogP contribution is -2.33. The topological polar surface area (TPSA) is 68.7 Å². The Morgan fingerprint density at radius 3 is 2.68 bits per heavy atom. The molecular formula is C13H18N2O4. The van der Waals surface area contributed by atoms with Gasteiger partial charge in [-0.05, 0) is 13.0 Å². The lowest BCUT2D eigenvalue weighted by atomic mass is 10.2. The Balaban J connectivity index is 2.80. The van der Waals surface area contributed by atoms with Crippen LogP contribution in [0.1, 0.15) is 23.7 Å². The minimum Gasteiger partial charge on any atom is -0.494 e. The van der Waals surface area contributed by atoms with Crippen molar-refractivity contribution in [2.24, 2.45) is 0 Å². The maximum absolute atomic E-state index is 12.3. The summed E-state index contributed by atoms with van der Waals surface area (Å²) < 4.78 is 9.67. The van der Waals surface area contributed by atoms with Gasteiger partial charge in [0.1, 0.15) is 5.75 Å². The quantitative estimate of drug-likeness (QED) is 0.722. The van der Waals surface area contributed by atoms with E-state index in [2.05, 4.69) is 9.72 Å². The summed E-state index contributed by atoms with van der Waals surface area (Å²) in [5.41, 5.74) is 0.434. The van der Waals surface area contributed by atoms with Gasteiger partial charge in [0.15, 0.2) is 0 Å². The largest absolute Gasteiger partial charge is 0.494 e. The number of carbonyl (C=O) groups excluding carboxylic acids is 2. The van der Waals surface area contributed by atoms with Crippen LogP contribution in [0, 0.1) is 0 Å². The molecule has 0 bridgehead atoms. The van der Waals surface area contributed by atoms with Crippen molar-refractivity contribution in [3.05, 3.63) is 24.0 Å². The van der Waals surface area contributed by atoms with Crippen LogP contribution in [0.5, 0.6) is 5.75 Å². The van der Waals surface area contributed by atoms with E-state index in [0.29, 0.717) is 24.4 Å². The summed E-state index contributed by atoms with van der Waals surface area (Å²) in [5.74, 6) is -0.109. The van der Waals surface area contributed by atoms with E-state index in [9.17, 15) is 9.59 Å². The molecule has 0 aliphatic carbocycles. The molecule has 6 nitrogen and oxygen atoms in total. The second-order valence-electron chi connectivity index (χ2n) is 3.79. The molecule has 1 heterocycles. The highest BCUT2D eigenvalue weighted by molar-refractivity contribution is 5.96. The average Bonchev–Trinajstić information content (AvgIpc) is 2.47. The van der Waals surface area contributed by atoms with Gasteiger partial charge in [0, 0.05) is 19.3 Å². The maximum Gasteiger partial charge on any atom is 0.307 e. The summed E-state index contributed by atoms with van der Waals surface area (Å²) in [6, 6.07) is 1.60. The van der Waals surface area contributed by atoms with Crippen LogP contribution in [-0.4, -0.2) is 49.1 Å². The molecule has 0 saturated heterocycles. The van der Waals surface area contributed by atoms with Crippen LogP contribution in [0.15, 0.2) is 18.5 Å². The molecule has 0 aromatic carbocycles. The second kappa shape index (κ2) is 7.35. The molecule has 0 spiro atoms. The Morgan fingerprint density at radius 2 is 2.11 bits per heavy atom. The molecule has 0 N–H and O–H groups in total. The maximum atomic E-state index is 12.3. The number of carbonyl (C=O) groups is 2. The van der Waals surface area contributed by atoms with Gasteiger partial charge in [0.25, 0.3) is 5.91 Å². The molecule has 1 amide bonds. The molecule has 1 aromatic heterocycles. The Morgan fingerprint density at radius 1 is 1.37 bits per heavy atom. The molecule has 0 unspecified atom stereocenters. The SMILES string of the molecule is CCN(CCC(=O)OC)C(=O)c1ccncc1OC. The van der Waals surface area contributed by atoms with Crippen molar-refractivity contribution in [2.45, 2.75) is 13.3 Å². The van der Waals surface area contributed by atoms with Crippen LogP contribution >= 0.6 is 0 Å². The van der Waals surface area contributed by atoms with E-state index in [-0.39, 0.29) is 18.3 Å². The number of amides is 1. The molecule has 0 atom stereocenters. The van der Waals surface area contributed by atoms with Crippen LogP contribution in [-0.2, 0) is 9.53 Å². The van der Waals surface area contributed by atoms with Gasteiger partial charge < -0.3 is 14.4 Å². The van der Waals surface area contributed by atoms with E-state index >= 15 is 0 Å². The highest BCUT2D eigenvalue weighted by Gasteiger charge is 2.19. The molecule has 1 rings (SSSR count). The summed E-state index contributed by atoms with van der Waals surface area (Å²) in [6.07, 6.45) is 3.19. The highest BCUT2D eigenvalue weighted by Crippen LogP contribution is 2.18. The van der Waals surface area contributed by atoms with Crippen LogP contribution < -0.4 is 4.74 Å². The number of aromatic nitrogens is 1. The van der Waals surface area contributed by atoms with Gasteiger partial charge in [-0.2, -0.15) is 0 Å². The van der Waals surface area contributed by atoms with Gasteiger partial charge in [-0.15, -0.1) is 0 Å². The van der Waals surface area contributed by atoms with Crippen molar-refractivity contribution < 1.29 is 19.1 Å². The summed E-state index contributed by atoms with van der Waals surface area (Å²) in [4.78, 5) is 28.9. The molecular weight excluding hydrogens is 248 g/mol. The Bertz CT molecular complexity index is 448. The summed E-state index contributed by atoms with van der Waals surface area (Å²) in [6.45, 7) is 2.66. The lowest BCUT2D eigenvalue weighted by molar-refractivity contribution is -0.140. The molecule has 1 aromatic rings. The van der Waals surface area contributed by atoms with E-state index in [4.69, 9.17) is 4.74 Å². The van der Waals surface area contributed by atoms with Crippen LogP contribution in [0.3, 0.4) is 0 Å². The van der Waals surface area contributed by atoms with Crippen LogP contribution in [0.4, 0.5) is 0 Å². The lowest BCUT2D eigenvalue weighted by Gasteiger charge is -2.21. The zero-order valence-corrected chi connectivity index (χ0v) is 11.4. The number of nitrogens with zero attached hydrogens (tertiary/aromatic N) is 2. The third-order valence-electron chi connectivity index (χ3n) is 2.72. The molecule has 19 heavy (non-hydrogen) atoms. The molecule has 6 heteroatoms. The van der Waals surface area contributed by atoms with Crippen molar-refractivity contribution in [3.63, 3.8) is 0 Å². The molecule has 0 aliphatic rings. The Hall–Kier alpha value is -2.11. The number of esters is 1. The number of ether oxygens (including phenoxy) is 2. The van der Waals surface area contributed by atoms with Gasteiger partial charge in [-0.1, -0.05) is 0 Å². The van der Waals surface area contributed by atoms with E-state index in [0.717, 1.165) is 0 Å². The zero-order valence-electron chi connectivity index (χ0n) is 11.4. The van der Waals surface area contributed by atoms with Crippen molar-refractivity contribution in [3.8, 4) is 5.75 Å².